The summed E-state index contributed by atoms with van der Waals surface area (Å²) in [6.45, 7) is 0. The molecule has 0 bridgehead atoms. The summed E-state index contributed by atoms with van der Waals surface area (Å²) in [6, 6.07) is 4.65. The summed E-state index contributed by atoms with van der Waals surface area (Å²) < 4.78 is 39.2. The van der Waals surface area contributed by atoms with Gasteiger partial charge in [-0.2, -0.15) is 4.39 Å². The van der Waals surface area contributed by atoms with Gasteiger partial charge in [0.05, 0.1) is 0 Å². The quantitative estimate of drug-likeness (QED) is 0.757. The van der Waals surface area contributed by atoms with Gasteiger partial charge in [-0.05, 0) is 12.1 Å². The van der Waals surface area contributed by atoms with Crippen molar-refractivity contribution >= 4 is 0 Å². The van der Waals surface area contributed by atoms with E-state index in [4.69, 9.17) is 0 Å². The molecular weight excluding hydrogens is 219 g/mol. The van der Waals surface area contributed by atoms with Crippen LogP contribution in [0.4, 0.5) is 13.2 Å². The van der Waals surface area contributed by atoms with Crippen LogP contribution in [0.1, 0.15) is 0 Å². The molecule has 0 saturated heterocycles. The van der Waals surface area contributed by atoms with Crippen LogP contribution in [0.5, 0.6) is 5.75 Å². The molecule has 0 aliphatic carbocycles. The third-order valence-electron chi connectivity index (χ3n) is 2.12. The van der Waals surface area contributed by atoms with E-state index < -0.39 is 23.3 Å². The molecular formula is C11H6F3NO. The summed E-state index contributed by atoms with van der Waals surface area (Å²) >= 11 is 0. The number of benzene rings is 1. The third-order valence-corrected chi connectivity index (χ3v) is 2.12. The molecule has 16 heavy (non-hydrogen) atoms. The lowest BCUT2D eigenvalue weighted by atomic mass is 10.1. The maximum atomic E-state index is 13.4. The highest BCUT2D eigenvalue weighted by Crippen LogP contribution is 2.32. The molecule has 0 amide bonds. The zero-order valence-electron chi connectivity index (χ0n) is 7.92. The Morgan fingerprint density at radius 1 is 1.00 bits per heavy atom. The van der Waals surface area contributed by atoms with Crippen molar-refractivity contribution in [3.05, 3.63) is 48.0 Å². The Kier molecular flexibility index (Phi) is 2.52. The van der Waals surface area contributed by atoms with Gasteiger partial charge in [0.1, 0.15) is 0 Å². The number of hydrogen-bond acceptors (Lipinski definition) is 2. The van der Waals surface area contributed by atoms with E-state index in [9.17, 15) is 18.3 Å². The van der Waals surface area contributed by atoms with Crippen molar-refractivity contribution in [3.63, 3.8) is 0 Å². The summed E-state index contributed by atoms with van der Waals surface area (Å²) in [5, 5.41) is 9.34. The molecule has 0 atom stereocenters. The molecule has 2 rings (SSSR count). The molecule has 5 heteroatoms. The van der Waals surface area contributed by atoms with E-state index in [0.717, 1.165) is 12.3 Å². The van der Waals surface area contributed by atoms with Gasteiger partial charge in [0, 0.05) is 17.3 Å². The van der Waals surface area contributed by atoms with E-state index in [2.05, 4.69) is 4.98 Å². The maximum absolute atomic E-state index is 13.4. The number of rotatable bonds is 1. The first kappa shape index (κ1) is 10.5. The fourth-order valence-corrected chi connectivity index (χ4v) is 1.36. The molecule has 0 aliphatic rings. The average molecular weight is 225 g/mol. The van der Waals surface area contributed by atoms with Crippen LogP contribution < -0.4 is 0 Å². The predicted octanol–water partition coefficient (Wildman–Crippen LogP) is 2.87. The number of hydrogen-bond donors (Lipinski definition) is 1. The Morgan fingerprint density at radius 2 is 1.75 bits per heavy atom. The van der Waals surface area contributed by atoms with Gasteiger partial charge in [-0.15, -0.1) is 0 Å². The summed E-state index contributed by atoms with van der Waals surface area (Å²) in [5.41, 5.74) is -0.344. The monoisotopic (exact) mass is 225 g/mol. The lowest BCUT2D eigenvalue weighted by Gasteiger charge is -2.06. The number of aromatic nitrogens is 1. The molecule has 1 N–H and O–H groups in total. The maximum Gasteiger partial charge on any atom is 0.255 e. The van der Waals surface area contributed by atoms with Gasteiger partial charge in [0.2, 0.25) is 0 Å². The minimum absolute atomic E-state index is 0.135. The van der Waals surface area contributed by atoms with Crippen LogP contribution >= 0.6 is 0 Å². The van der Waals surface area contributed by atoms with Gasteiger partial charge in [-0.25, -0.2) is 13.8 Å². The summed E-state index contributed by atoms with van der Waals surface area (Å²) in [6.07, 6.45) is 1.06. The van der Waals surface area contributed by atoms with Gasteiger partial charge in [-0.3, -0.25) is 0 Å². The van der Waals surface area contributed by atoms with Gasteiger partial charge in [0.15, 0.2) is 17.4 Å². The van der Waals surface area contributed by atoms with Crippen molar-refractivity contribution in [3.8, 4) is 16.9 Å². The Labute approximate surface area is 89.0 Å². The van der Waals surface area contributed by atoms with Crippen LogP contribution in [0.2, 0.25) is 0 Å². The van der Waals surface area contributed by atoms with Gasteiger partial charge in [0.25, 0.3) is 5.95 Å². The topological polar surface area (TPSA) is 33.1 Å². The van der Waals surface area contributed by atoms with Crippen molar-refractivity contribution in [1.29, 1.82) is 0 Å². The van der Waals surface area contributed by atoms with Gasteiger partial charge < -0.3 is 5.11 Å². The van der Waals surface area contributed by atoms with Crippen molar-refractivity contribution in [1.82, 2.24) is 4.98 Å². The molecule has 2 aromatic rings. The Bertz CT molecular complexity index is 493. The molecule has 0 radical (unpaired) electrons. The minimum Gasteiger partial charge on any atom is -0.503 e. The van der Waals surface area contributed by atoms with Crippen molar-refractivity contribution < 1.29 is 18.3 Å². The first-order valence-electron chi connectivity index (χ1n) is 4.39. The average Bonchev–Trinajstić information content (AvgIpc) is 2.27. The number of halogens is 3. The van der Waals surface area contributed by atoms with Crippen LogP contribution in [0.25, 0.3) is 11.1 Å². The van der Waals surface area contributed by atoms with Crippen LogP contribution in [0, 0.1) is 17.6 Å². The third kappa shape index (κ3) is 1.60. The summed E-state index contributed by atoms with van der Waals surface area (Å²) in [7, 11) is 0. The van der Waals surface area contributed by atoms with Crippen LogP contribution in [0.15, 0.2) is 30.5 Å². The fraction of sp³-hybridized carbons (Fsp3) is 0. The first-order valence-corrected chi connectivity index (χ1v) is 4.39. The van der Waals surface area contributed by atoms with Gasteiger partial charge >= 0.3 is 0 Å². The van der Waals surface area contributed by atoms with E-state index >= 15 is 0 Å². The highest BCUT2D eigenvalue weighted by Gasteiger charge is 2.15. The zero-order valence-corrected chi connectivity index (χ0v) is 7.92. The molecule has 0 spiro atoms. The Hall–Kier alpha value is -2.04. The SMILES string of the molecule is Oc1c(-c2cccc(F)c2F)ccnc1F. The second-order valence-corrected chi connectivity index (χ2v) is 3.10. The van der Waals surface area contributed by atoms with E-state index in [1.54, 1.807) is 0 Å². The van der Waals surface area contributed by atoms with Crippen molar-refractivity contribution in [2.75, 3.05) is 0 Å². The largest absolute Gasteiger partial charge is 0.503 e. The van der Waals surface area contributed by atoms with E-state index in [1.165, 1.54) is 18.2 Å². The van der Waals surface area contributed by atoms with Crippen molar-refractivity contribution in [2.45, 2.75) is 0 Å². The van der Waals surface area contributed by atoms with E-state index in [-0.39, 0.29) is 11.1 Å². The molecule has 0 fully saturated rings. The minimum atomic E-state index is -1.14. The molecule has 1 heterocycles. The second-order valence-electron chi connectivity index (χ2n) is 3.10. The smallest absolute Gasteiger partial charge is 0.255 e. The zero-order chi connectivity index (χ0) is 11.7. The number of nitrogens with zero attached hydrogens (tertiary/aromatic N) is 1. The molecule has 0 unspecified atom stereocenters. The van der Waals surface area contributed by atoms with Crippen LogP contribution in [-0.4, -0.2) is 10.1 Å². The lowest BCUT2D eigenvalue weighted by Crippen LogP contribution is -1.92. The molecule has 82 valence electrons. The Morgan fingerprint density at radius 3 is 2.50 bits per heavy atom. The lowest BCUT2D eigenvalue weighted by molar-refractivity contribution is 0.420. The van der Waals surface area contributed by atoms with Crippen LogP contribution in [-0.2, 0) is 0 Å². The first-order chi connectivity index (χ1) is 7.61. The highest BCUT2D eigenvalue weighted by atomic mass is 19.2. The fourth-order valence-electron chi connectivity index (χ4n) is 1.36. The number of aromatic hydroxyl groups is 1. The standard InChI is InChI=1S/C11H6F3NO/c12-8-3-1-2-6(9(8)13)7-4-5-15-11(14)10(7)16/h1-5,16H. The number of pyridine rings is 1. The molecule has 1 aromatic carbocycles. The molecule has 2 nitrogen and oxygen atoms in total. The van der Waals surface area contributed by atoms with E-state index in [1.807, 2.05) is 0 Å². The van der Waals surface area contributed by atoms with E-state index in [0.29, 0.717) is 0 Å². The predicted molar refractivity (Wildman–Crippen MR) is 51.2 cm³/mol. The Balaban J connectivity index is 2.68. The summed E-state index contributed by atoms with van der Waals surface area (Å²) in [5.74, 6) is -4.12. The molecule has 0 aliphatic heterocycles. The molecule has 0 saturated carbocycles. The molecule has 1 aromatic heterocycles. The summed E-state index contributed by atoms with van der Waals surface area (Å²) in [4.78, 5) is 3.18. The van der Waals surface area contributed by atoms with Gasteiger partial charge in [-0.1, -0.05) is 12.1 Å². The van der Waals surface area contributed by atoms with Crippen LogP contribution in [0.3, 0.4) is 0 Å². The van der Waals surface area contributed by atoms with Crippen molar-refractivity contribution in [2.24, 2.45) is 0 Å². The highest BCUT2D eigenvalue weighted by molar-refractivity contribution is 5.70. The normalized spacial score (nSPS) is 10.4. The second kappa shape index (κ2) is 3.84.